The summed E-state index contributed by atoms with van der Waals surface area (Å²) < 4.78 is 5.98. The van der Waals surface area contributed by atoms with E-state index >= 15 is 0 Å². The van der Waals surface area contributed by atoms with Gasteiger partial charge >= 0.3 is 6.03 Å². The number of hydrogen-bond acceptors (Lipinski definition) is 4. The number of rotatable bonds is 6. The molecule has 1 aromatic rings. The molecule has 1 aromatic carbocycles. The quantitative estimate of drug-likeness (QED) is 0.793. The number of piperidine rings is 1. The molecule has 2 aliphatic heterocycles. The first-order chi connectivity index (χ1) is 12.6. The van der Waals surface area contributed by atoms with Crippen LogP contribution in [0.2, 0.25) is 0 Å². The maximum Gasteiger partial charge on any atom is 0.321 e. The number of carbonyl (C=O) groups is 2. The van der Waals surface area contributed by atoms with Gasteiger partial charge in [0.05, 0.1) is 12.7 Å². The predicted octanol–water partition coefficient (Wildman–Crippen LogP) is 3.00. The molecule has 1 unspecified atom stereocenters. The molecule has 2 amide bonds. The third kappa shape index (κ3) is 5.29. The molecule has 0 spiro atoms. The Hall–Kier alpha value is -1.92. The molecule has 6 heteroatoms. The van der Waals surface area contributed by atoms with Crippen LogP contribution in [0.25, 0.3) is 0 Å². The van der Waals surface area contributed by atoms with E-state index in [0.29, 0.717) is 24.3 Å². The predicted molar refractivity (Wildman–Crippen MR) is 102 cm³/mol. The number of Topliss-reactive ketones (excluding diaryl/α,β-unsaturated/α-hetero) is 1. The molecule has 0 radical (unpaired) electrons. The summed E-state index contributed by atoms with van der Waals surface area (Å²) in [6, 6.07) is 6.91. The summed E-state index contributed by atoms with van der Waals surface area (Å²) in [6.07, 6.45) is 4.93. The monoisotopic (exact) mass is 359 g/mol. The van der Waals surface area contributed by atoms with Crippen LogP contribution in [0.4, 0.5) is 10.5 Å². The molecule has 0 aliphatic carbocycles. The third-order valence-electron chi connectivity index (χ3n) is 5.16. The highest BCUT2D eigenvalue weighted by Gasteiger charge is 2.27. The van der Waals surface area contributed by atoms with Crippen LogP contribution in [0.3, 0.4) is 0 Å². The van der Waals surface area contributed by atoms with Crippen molar-refractivity contribution >= 4 is 17.5 Å². The molecule has 26 heavy (non-hydrogen) atoms. The SMILES string of the molecule is CC(=O)c1cccc(NC(=O)N2CCC(OCCN3CCCCC3)C2)c1. The summed E-state index contributed by atoms with van der Waals surface area (Å²) >= 11 is 0. The Morgan fingerprint density at radius 2 is 2.00 bits per heavy atom. The normalized spacial score (nSPS) is 21.0. The van der Waals surface area contributed by atoms with Crippen LogP contribution in [-0.2, 0) is 4.74 Å². The fourth-order valence-electron chi connectivity index (χ4n) is 3.60. The Labute approximate surface area is 155 Å². The van der Waals surface area contributed by atoms with Crippen molar-refractivity contribution in [3.8, 4) is 0 Å². The lowest BCUT2D eigenvalue weighted by Crippen LogP contribution is -2.35. The Balaban J connectivity index is 1.41. The van der Waals surface area contributed by atoms with Gasteiger partial charge in [-0.15, -0.1) is 0 Å². The smallest absolute Gasteiger partial charge is 0.321 e. The van der Waals surface area contributed by atoms with E-state index in [1.807, 2.05) is 0 Å². The summed E-state index contributed by atoms with van der Waals surface area (Å²) in [7, 11) is 0. The van der Waals surface area contributed by atoms with E-state index in [2.05, 4.69) is 10.2 Å². The molecular formula is C20H29N3O3. The molecule has 2 aliphatic rings. The van der Waals surface area contributed by atoms with Gasteiger partial charge in [0, 0.05) is 30.9 Å². The molecule has 142 valence electrons. The number of nitrogens with one attached hydrogen (secondary N) is 1. The van der Waals surface area contributed by atoms with Crippen LogP contribution in [0, 0.1) is 0 Å². The minimum atomic E-state index is -0.132. The van der Waals surface area contributed by atoms with Crippen LogP contribution in [-0.4, -0.2) is 67.0 Å². The van der Waals surface area contributed by atoms with E-state index < -0.39 is 0 Å². The maximum absolute atomic E-state index is 12.4. The van der Waals surface area contributed by atoms with Gasteiger partial charge in [0.25, 0.3) is 0 Å². The standard InChI is InChI=1S/C20H29N3O3/c1-16(24)17-6-5-7-18(14-17)21-20(25)23-11-8-19(15-23)26-13-12-22-9-3-2-4-10-22/h5-7,14,19H,2-4,8-13,15H2,1H3,(H,21,25). The van der Waals surface area contributed by atoms with E-state index in [9.17, 15) is 9.59 Å². The summed E-state index contributed by atoms with van der Waals surface area (Å²) in [5.41, 5.74) is 1.25. The van der Waals surface area contributed by atoms with Crippen LogP contribution >= 0.6 is 0 Å². The van der Waals surface area contributed by atoms with E-state index in [1.54, 1.807) is 29.2 Å². The Bertz CT molecular complexity index is 628. The lowest BCUT2D eigenvalue weighted by molar-refractivity contribution is 0.0416. The first-order valence-electron chi connectivity index (χ1n) is 9.63. The summed E-state index contributed by atoms with van der Waals surface area (Å²) in [5.74, 6) is -0.00978. The number of likely N-dealkylation sites (tertiary alicyclic amines) is 2. The molecule has 2 heterocycles. The van der Waals surface area contributed by atoms with Gasteiger partial charge < -0.3 is 19.9 Å². The van der Waals surface area contributed by atoms with Gasteiger partial charge in [-0.25, -0.2) is 4.79 Å². The van der Waals surface area contributed by atoms with Gasteiger partial charge in [-0.3, -0.25) is 4.79 Å². The Kier molecular flexibility index (Phi) is 6.63. The number of ether oxygens (including phenoxy) is 1. The molecular weight excluding hydrogens is 330 g/mol. The minimum Gasteiger partial charge on any atom is -0.375 e. The highest BCUT2D eigenvalue weighted by molar-refractivity contribution is 5.96. The van der Waals surface area contributed by atoms with Crippen molar-refractivity contribution in [1.82, 2.24) is 9.80 Å². The Morgan fingerprint density at radius 3 is 2.77 bits per heavy atom. The average Bonchev–Trinajstić information content (AvgIpc) is 3.12. The highest BCUT2D eigenvalue weighted by atomic mass is 16.5. The second-order valence-electron chi connectivity index (χ2n) is 7.20. The number of urea groups is 1. The van der Waals surface area contributed by atoms with Crippen molar-refractivity contribution in [2.75, 3.05) is 44.6 Å². The molecule has 1 N–H and O–H groups in total. The summed E-state index contributed by atoms with van der Waals surface area (Å²) in [5, 5.41) is 2.88. The maximum atomic E-state index is 12.4. The lowest BCUT2D eigenvalue weighted by Gasteiger charge is -2.26. The fourth-order valence-corrected chi connectivity index (χ4v) is 3.60. The van der Waals surface area contributed by atoms with Crippen molar-refractivity contribution < 1.29 is 14.3 Å². The number of benzene rings is 1. The zero-order valence-corrected chi connectivity index (χ0v) is 15.6. The van der Waals surface area contributed by atoms with Crippen LogP contribution in [0.1, 0.15) is 43.0 Å². The third-order valence-corrected chi connectivity index (χ3v) is 5.16. The molecule has 0 aromatic heterocycles. The van der Waals surface area contributed by atoms with Gasteiger partial charge in [-0.05, 0) is 51.4 Å². The first kappa shape index (κ1) is 18.9. The molecule has 0 saturated carbocycles. The molecule has 6 nitrogen and oxygen atoms in total. The van der Waals surface area contributed by atoms with E-state index in [0.717, 1.165) is 19.6 Å². The number of ketones is 1. The molecule has 1 atom stereocenters. The average molecular weight is 359 g/mol. The molecule has 0 bridgehead atoms. The second kappa shape index (κ2) is 9.14. The van der Waals surface area contributed by atoms with Crippen LogP contribution in [0.15, 0.2) is 24.3 Å². The lowest BCUT2D eigenvalue weighted by atomic mass is 10.1. The van der Waals surface area contributed by atoms with Crippen LogP contribution in [0.5, 0.6) is 0 Å². The highest BCUT2D eigenvalue weighted by Crippen LogP contribution is 2.17. The zero-order chi connectivity index (χ0) is 18.4. The number of hydrogen-bond donors (Lipinski definition) is 1. The van der Waals surface area contributed by atoms with Gasteiger partial charge in [0.15, 0.2) is 5.78 Å². The van der Waals surface area contributed by atoms with Gasteiger partial charge in [0.2, 0.25) is 0 Å². The summed E-state index contributed by atoms with van der Waals surface area (Å²) in [6.45, 7) is 6.93. The number of anilines is 1. The van der Waals surface area contributed by atoms with Crippen molar-refractivity contribution in [3.05, 3.63) is 29.8 Å². The minimum absolute atomic E-state index is 0.00978. The zero-order valence-electron chi connectivity index (χ0n) is 15.6. The van der Waals surface area contributed by atoms with Gasteiger partial charge in [-0.2, -0.15) is 0 Å². The van der Waals surface area contributed by atoms with Crippen molar-refractivity contribution in [3.63, 3.8) is 0 Å². The van der Waals surface area contributed by atoms with E-state index in [1.165, 1.54) is 39.3 Å². The largest absolute Gasteiger partial charge is 0.375 e. The molecule has 3 rings (SSSR count). The molecule has 2 fully saturated rings. The molecule has 2 saturated heterocycles. The second-order valence-corrected chi connectivity index (χ2v) is 7.20. The van der Waals surface area contributed by atoms with Crippen LogP contribution < -0.4 is 5.32 Å². The van der Waals surface area contributed by atoms with Gasteiger partial charge in [0.1, 0.15) is 0 Å². The van der Waals surface area contributed by atoms with Gasteiger partial charge in [-0.1, -0.05) is 18.6 Å². The number of amides is 2. The van der Waals surface area contributed by atoms with Crippen molar-refractivity contribution in [1.29, 1.82) is 0 Å². The number of nitrogens with zero attached hydrogens (tertiary/aromatic N) is 2. The van der Waals surface area contributed by atoms with E-state index in [4.69, 9.17) is 4.74 Å². The summed E-state index contributed by atoms with van der Waals surface area (Å²) in [4.78, 5) is 28.1. The fraction of sp³-hybridized carbons (Fsp3) is 0.600. The van der Waals surface area contributed by atoms with Crippen molar-refractivity contribution in [2.24, 2.45) is 0 Å². The Morgan fingerprint density at radius 1 is 1.19 bits per heavy atom. The van der Waals surface area contributed by atoms with Crippen molar-refractivity contribution in [2.45, 2.75) is 38.7 Å². The number of carbonyl (C=O) groups excluding carboxylic acids is 2. The topological polar surface area (TPSA) is 61.9 Å². The first-order valence-corrected chi connectivity index (χ1v) is 9.63. The van der Waals surface area contributed by atoms with E-state index in [-0.39, 0.29) is 17.9 Å².